The molecule has 2 aliphatic heterocycles. The van der Waals surface area contributed by atoms with Crippen LogP contribution in [0.15, 0.2) is 24.7 Å². The van der Waals surface area contributed by atoms with Gasteiger partial charge in [-0.1, -0.05) is 0 Å². The molecule has 1 saturated heterocycles. The number of hydrogen-bond donors (Lipinski definition) is 2. The summed E-state index contributed by atoms with van der Waals surface area (Å²) in [4.78, 5) is 4.05. The van der Waals surface area contributed by atoms with Crippen molar-refractivity contribution in [1.29, 1.82) is 0 Å². The number of rotatable bonds is 5. The van der Waals surface area contributed by atoms with E-state index in [1.807, 2.05) is 17.1 Å². The standard InChI is InChI=1S/C20H24FN7O2/c1-29-20-17(21)6-15(9-23-20)28-19-16(3-5-30-12-24-19)18(26-28)14-8-25-27(11-14)10-13-2-4-22-7-13/h6,8-9,11,13,22,24H,2-5,7,10,12H2,1H3. The highest BCUT2D eigenvalue weighted by Crippen LogP contribution is 2.33. The Morgan fingerprint density at radius 3 is 3.10 bits per heavy atom. The van der Waals surface area contributed by atoms with Crippen LogP contribution in [-0.2, 0) is 17.7 Å². The van der Waals surface area contributed by atoms with Gasteiger partial charge in [-0.2, -0.15) is 10.2 Å². The van der Waals surface area contributed by atoms with Crippen LogP contribution in [0.25, 0.3) is 16.9 Å². The van der Waals surface area contributed by atoms with E-state index in [0.29, 0.717) is 31.4 Å². The number of nitrogens with one attached hydrogen (secondary N) is 2. The fourth-order valence-corrected chi connectivity index (χ4v) is 4.06. The zero-order valence-electron chi connectivity index (χ0n) is 16.8. The van der Waals surface area contributed by atoms with Gasteiger partial charge in [-0.15, -0.1) is 0 Å². The molecule has 5 heterocycles. The molecule has 1 unspecified atom stereocenters. The molecule has 158 valence electrons. The van der Waals surface area contributed by atoms with Gasteiger partial charge >= 0.3 is 0 Å². The lowest BCUT2D eigenvalue weighted by Crippen LogP contribution is -2.14. The molecule has 1 atom stereocenters. The van der Waals surface area contributed by atoms with E-state index in [0.717, 1.165) is 48.7 Å². The summed E-state index contributed by atoms with van der Waals surface area (Å²) in [5.41, 5.74) is 3.28. The molecule has 0 spiro atoms. The number of fused-ring (bicyclic) bond motifs is 1. The number of ether oxygens (including phenoxy) is 2. The van der Waals surface area contributed by atoms with Gasteiger partial charge in [-0.25, -0.2) is 14.1 Å². The van der Waals surface area contributed by atoms with Gasteiger partial charge in [0.2, 0.25) is 5.88 Å². The van der Waals surface area contributed by atoms with Crippen LogP contribution in [0.2, 0.25) is 0 Å². The molecular weight excluding hydrogens is 389 g/mol. The van der Waals surface area contributed by atoms with Gasteiger partial charge in [0.25, 0.3) is 0 Å². The van der Waals surface area contributed by atoms with Crippen molar-refractivity contribution in [2.45, 2.75) is 19.4 Å². The van der Waals surface area contributed by atoms with Crippen molar-refractivity contribution >= 4 is 5.82 Å². The first kappa shape index (κ1) is 19.0. The highest BCUT2D eigenvalue weighted by molar-refractivity contribution is 5.70. The normalized spacial score (nSPS) is 18.7. The third-order valence-corrected chi connectivity index (χ3v) is 5.57. The van der Waals surface area contributed by atoms with Crippen molar-refractivity contribution in [3.05, 3.63) is 36.0 Å². The molecule has 0 amide bonds. The molecule has 30 heavy (non-hydrogen) atoms. The summed E-state index contributed by atoms with van der Waals surface area (Å²) in [6, 6.07) is 1.37. The minimum atomic E-state index is -0.538. The second kappa shape index (κ2) is 8.04. The molecule has 3 aromatic heterocycles. The second-order valence-electron chi connectivity index (χ2n) is 7.56. The van der Waals surface area contributed by atoms with Crippen LogP contribution in [-0.4, -0.2) is 58.1 Å². The monoisotopic (exact) mass is 413 g/mol. The van der Waals surface area contributed by atoms with E-state index in [1.54, 1.807) is 10.9 Å². The van der Waals surface area contributed by atoms with Crippen LogP contribution in [0.3, 0.4) is 0 Å². The number of nitrogens with zero attached hydrogens (tertiary/aromatic N) is 5. The van der Waals surface area contributed by atoms with Crippen molar-refractivity contribution < 1.29 is 13.9 Å². The van der Waals surface area contributed by atoms with Gasteiger partial charge in [0, 0.05) is 36.4 Å². The van der Waals surface area contributed by atoms with Crippen LogP contribution >= 0.6 is 0 Å². The van der Waals surface area contributed by atoms with E-state index < -0.39 is 5.82 Å². The maximum Gasteiger partial charge on any atom is 0.250 e. The molecule has 2 aliphatic rings. The largest absolute Gasteiger partial charge is 0.479 e. The Hall–Kier alpha value is -2.98. The van der Waals surface area contributed by atoms with Crippen molar-refractivity contribution in [3.63, 3.8) is 0 Å². The predicted octanol–water partition coefficient (Wildman–Crippen LogP) is 1.83. The van der Waals surface area contributed by atoms with Gasteiger partial charge in [-0.05, 0) is 25.4 Å². The summed E-state index contributed by atoms with van der Waals surface area (Å²) >= 11 is 0. The molecule has 0 aliphatic carbocycles. The summed E-state index contributed by atoms with van der Waals surface area (Å²) in [6.45, 7) is 3.91. The molecule has 0 radical (unpaired) electrons. The fourth-order valence-electron chi connectivity index (χ4n) is 4.06. The molecule has 0 saturated carbocycles. The second-order valence-corrected chi connectivity index (χ2v) is 7.56. The Bertz CT molecular complexity index is 1040. The smallest absolute Gasteiger partial charge is 0.250 e. The fraction of sp³-hybridized carbons (Fsp3) is 0.450. The number of hydrogen-bond acceptors (Lipinski definition) is 7. The average Bonchev–Trinajstić information content (AvgIpc) is 3.46. The number of halogens is 1. The van der Waals surface area contributed by atoms with Crippen LogP contribution in [0.1, 0.15) is 12.0 Å². The number of methoxy groups -OCH3 is 1. The zero-order chi connectivity index (χ0) is 20.5. The highest BCUT2D eigenvalue weighted by Gasteiger charge is 2.24. The molecule has 2 N–H and O–H groups in total. The molecule has 10 heteroatoms. The lowest BCUT2D eigenvalue weighted by atomic mass is 10.1. The first-order valence-corrected chi connectivity index (χ1v) is 10.1. The number of pyridine rings is 1. The Morgan fingerprint density at radius 1 is 1.37 bits per heavy atom. The first-order valence-electron chi connectivity index (χ1n) is 10.1. The summed E-state index contributed by atoms with van der Waals surface area (Å²) in [5, 5.41) is 16.0. The van der Waals surface area contributed by atoms with Crippen LogP contribution in [0.4, 0.5) is 10.2 Å². The van der Waals surface area contributed by atoms with E-state index >= 15 is 0 Å². The third-order valence-electron chi connectivity index (χ3n) is 5.57. The molecule has 3 aromatic rings. The molecule has 1 fully saturated rings. The van der Waals surface area contributed by atoms with Gasteiger partial charge in [-0.3, -0.25) is 4.68 Å². The minimum absolute atomic E-state index is 0.0452. The summed E-state index contributed by atoms with van der Waals surface area (Å²) in [7, 11) is 1.39. The lowest BCUT2D eigenvalue weighted by molar-refractivity contribution is 0.159. The molecular formula is C20H24FN7O2. The molecule has 0 aromatic carbocycles. The Kier molecular flexibility index (Phi) is 5.09. The van der Waals surface area contributed by atoms with Crippen molar-refractivity contribution in [2.24, 2.45) is 5.92 Å². The van der Waals surface area contributed by atoms with Crippen molar-refractivity contribution in [1.82, 2.24) is 29.9 Å². The zero-order valence-corrected chi connectivity index (χ0v) is 16.8. The maximum absolute atomic E-state index is 14.3. The summed E-state index contributed by atoms with van der Waals surface area (Å²) in [5.74, 6) is 0.789. The molecule has 9 nitrogen and oxygen atoms in total. The topological polar surface area (TPSA) is 91.0 Å². The van der Waals surface area contributed by atoms with E-state index in [-0.39, 0.29) is 5.88 Å². The highest BCUT2D eigenvalue weighted by atomic mass is 19.1. The average molecular weight is 413 g/mol. The van der Waals surface area contributed by atoms with Gasteiger partial charge in [0.05, 0.1) is 31.8 Å². The van der Waals surface area contributed by atoms with Crippen molar-refractivity contribution in [2.75, 3.05) is 38.9 Å². The van der Waals surface area contributed by atoms with Crippen LogP contribution < -0.4 is 15.4 Å². The van der Waals surface area contributed by atoms with Gasteiger partial charge < -0.3 is 20.1 Å². The van der Waals surface area contributed by atoms with Crippen molar-refractivity contribution in [3.8, 4) is 22.8 Å². The Balaban J connectivity index is 1.53. The van der Waals surface area contributed by atoms with E-state index in [1.165, 1.54) is 13.2 Å². The molecule has 5 rings (SSSR count). The number of aromatic nitrogens is 5. The summed E-state index contributed by atoms with van der Waals surface area (Å²) in [6.07, 6.45) is 7.28. The Labute approximate surface area is 173 Å². The first-order chi connectivity index (χ1) is 14.7. The minimum Gasteiger partial charge on any atom is -0.479 e. The maximum atomic E-state index is 14.3. The van der Waals surface area contributed by atoms with Crippen LogP contribution in [0.5, 0.6) is 5.88 Å². The number of anilines is 1. The SMILES string of the molecule is COc1ncc(-n2nc(-c3cnn(CC4CCNC4)c3)c3c2NCOCC3)cc1F. The Morgan fingerprint density at radius 2 is 2.30 bits per heavy atom. The van der Waals surface area contributed by atoms with Gasteiger partial charge in [0.15, 0.2) is 5.82 Å². The van der Waals surface area contributed by atoms with Crippen LogP contribution in [0, 0.1) is 11.7 Å². The quantitative estimate of drug-likeness (QED) is 0.659. The summed E-state index contributed by atoms with van der Waals surface area (Å²) < 4.78 is 28.5. The van der Waals surface area contributed by atoms with E-state index in [9.17, 15) is 4.39 Å². The van der Waals surface area contributed by atoms with E-state index in [2.05, 4.69) is 20.7 Å². The third kappa shape index (κ3) is 3.52. The van der Waals surface area contributed by atoms with Gasteiger partial charge in [0.1, 0.15) is 18.2 Å². The predicted molar refractivity (Wildman–Crippen MR) is 108 cm³/mol. The van der Waals surface area contributed by atoms with E-state index in [4.69, 9.17) is 14.6 Å². The molecule has 0 bridgehead atoms. The lowest BCUT2D eigenvalue weighted by Gasteiger charge is -2.09.